The fourth-order valence-electron chi connectivity index (χ4n) is 3.96. The highest BCUT2D eigenvalue weighted by Gasteiger charge is 2.13. The van der Waals surface area contributed by atoms with Crippen molar-refractivity contribution in [3.8, 4) is 17.4 Å². The van der Waals surface area contributed by atoms with Gasteiger partial charge in [0.25, 0.3) is 0 Å². The molecule has 1 N–H and O–H groups in total. The maximum atomic E-state index is 11.1. The van der Waals surface area contributed by atoms with Crippen LogP contribution in [0, 0.1) is 11.3 Å². The number of nitrogens with zero attached hydrogens (tertiary/aromatic N) is 2. The number of hydrogen-bond donors (Lipinski definition) is 1. The van der Waals surface area contributed by atoms with Gasteiger partial charge in [-0.15, -0.1) is 0 Å². The van der Waals surface area contributed by atoms with Crippen LogP contribution in [-0.2, 0) is 4.79 Å². The maximum Gasteiger partial charge on any atom is 0.346 e. The Morgan fingerprint density at radius 1 is 0.800 bits per heavy atom. The van der Waals surface area contributed by atoms with E-state index in [-0.39, 0.29) is 5.57 Å². The molecule has 0 bridgehead atoms. The molecule has 0 aliphatic rings. The molecule has 0 atom stereocenters. The molecule has 5 rings (SSSR count). The van der Waals surface area contributed by atoms with E-state index in [1.807, 2.05) is 60.7 Å². The van der Waals surface area contributed by atoms with E-state index >= 15 is 0 Å². The van der Waals surface area contributed by atoms with Crippen molar-refractivity contribution in [2.24, 2.45) is 0 Å². The summed E-state index contributed by atoms with van der Waals surface area (Å²) in [4.78, 5) is 13.3. The molecular weight excluding hydrogens is 436 g/mol. The number of furan rings is 1. The normalized spacial score (nSPS) is 11.2. The van der Waals surface area contributed by atoms with Crippen LogP contribution in [0.15, 0.2) is 119 Å². The molecule has 0 amide bonds. The quantitative estimate of drug-likeness (QED) is 0.211. The topological polar surface area (TPSA) is 77.5 Å². The number of nitriles is 1. The summed E-state index contributed by atoms with van der Waals surface area (Å²) in [6.45, 7) is 0. The summed E-state index contributed by atoms with van der Waals surface area (Å²) in [5, 5.41) is 19.0. The highest BCUT2D eigenvalue weighted by molar-refractivity contribution is 5.97. The van der Waals surface area contributed by atoms with E-state index in [2.05, 4.69) is 41.3 Å². The van der Waals surface area contributed by atoms with E-state index in [1.165, 1.54) is 6.08 Å². The molecule has 0 unspecified atom stereocenters. The van der Waals surface area contributed by atoms with E-state index < -0.39 is 5.97 Å². The summed E-state index contributed by atoms with van der Waals surface area (Å²) >= 11 is 0. The first kappa shape index (κ1) is 21.7. The third-order valence-corrected chi connectivity index (χ3v) is 5.64. The van der Waals surface area contributed by atoms with Gasteiger partial charge in [0.2, 0.25) is 0 Å². The SMILES string of the molecule is N#C/C(=C/c1ccc2cc(-c3ccc(N(c4ccccc4)c4ccccc4)cc3)oc2c1)C(=O)O. The highest BCUT2D eigenvalue weighted by atomic mass is 16.4. The number of anilines is 3. The van der Waals surface area contributed by atoms with Gasteiger partial charge in [-0.2, -0.15) is 5.26 Å². The van der Waals surface area contributed by atoms with E-state index in [0.717, 1.165) is 28.0 Å². The summed E-state index contributed by atoms with van der Waals surface area (Å²) in [6.07, 6.45) is 1.33. The zero-order valence-electron chi connectivity index (χ0n) is 18.6. The van der Waals surface area contributed by atoms with Gasteiger partial charge in [0.05, 0.1) is 0 Å². The lowest BCUT2D eigenvalue weighted by Crippen LogP contribution is -2.09. The number of benzene rings is 4. The van der Waals surface area contributed by atoms with Crippen molar-refractivity contribution >= 4 is 40.1 Å². The van der Waals surface area contributed by atoms with Crippen molar-refractivity contribution in [2.45, 2.75) is 0 Å². The molecule has 0 fully saturated rings. The van der Waals surface area contributed by atoms with Crippen LogP contribution in [0.3, 0.4) is 0 Å². The van der Waals surface area contributed by atoms with Gasteiger partial charge < -0.3 is 14.4 Å². The third-order valence-electron chi connectivity index (χ3n) is 5.64. The summed E-state index contributed by atoms with van der Waals surface area (Å²) in [5.74, 6) is -0.551. The lowest BCUT2D eigenvalue weighted by Gasteiger charge is -2.25. The number of hydrogen-bond acceptors (Lipinski definition) is 4. The molecule has 168 valence electrons. The number of fused-ring (bicyclic) bond motifs is 1. The second-order valence-corrected chi connectivity index (χ2v) is 7.94. The Hall–Kier alpha value is -5.08. The summed E-state index contributed by atoms with van der Waals surface area (Å²) in [6, 6.07) is 37.6. The molecule has 0 aliphatic carbocycles. The van der Waals surface area contributed by atoms with Gasteiger partial charge in [0.1, 0.15) is 23.0 Å². The maximum absolute atomic E-state index is 11.1. The minimum Gasteiger partial charge on any atom is -0.477 e. The summed E-state index contributed by atoms with van der Waals surface area (Å²) in [7, 11) is 0. The minimum atomic E-state index is -1.26. The second kappa shape index (κ2) is 9.42. The number of aliphatic carboxylic acids is 1. The smallest absolute Gasteiger partial charge is 0.346 e. The van der Waals surface area contributed by atoms with Crippen molar-refractivity contribution in [3.05, 3.63) is 120 Å². The predicted molar refractivity (Wildman–Crippen MR) is 138 cm³/mol. The monoisotopic (exact) mass is 456 g/mol. The van der Waals surface area contributed by atoms with Gasteiger partial charge in [0.15, 0.2) is 0 Å². The Labute approximate surface area is 202 Å². The Morgan fingerprint density at radius 2 is 1.40 bits per heavy atom. The van der Waals surface area contributed by atoms with Crippen molar-refractivity contribution in [3.63, 3.8) is 0 Å². The van der Waals surface area contributed by atoms with Crippen LogP contribution in [0.2, 0.25) is 0 Å². The summed E-state index contributed by atoms with van der Waals surface area (Å²) < 4.78 is 6.07. The van der Waals surface area contributed by atoms with E-state index in [9.17, 15) is 4.79 Å². The van der Waals surface area contributed by atoms with E-state index in [0.29, 0.717) is 16.9 Å². The average Bonchev–Trinajstić information content (AvgIpc) is 3.32. The molecule has 5 nitrogen and oxygen atoms in total. The zero-order chi connectivity index (χ0) is 24.2. The van der Waals surface area contributed by atoms with Crippen LogP contribution in [-0.4, -0.2) is 11.1 Å². The van der Waals surface area contributed by atoms with Gasteiger partial charge in [-0.3, -0.25) is 0 Å². The molecular formula is C30H20N2O3. The van der Waals surface area contributed by atoms with Crippen LogP contribution < -0.4 is 4.90 Å². The standard InChI is InChI=1S/C30H20N2O3/c31-20-24(30(33)34)17-21-11-12-23-19-29(35-28(23)18-21)22-13-15-27(16-14-22)32(25-7-3-1-4-8-25)26-9-5-2-6-10-26/h1-19H,(H,33,34)/b24-17-. The summed E-state index contributed by atoms with van der Waals surface area (Å²) in [5.41, 5.74) is 4.96. The molecule has 0 saturated carbocycles. The molecule has 35 heavy (non-hydrogen) atoms. The second-order valence-electron chi connectivity index (χ2n) is 7.94. The van der Waals surface area contributed by atoms with Crippen LogP contribution >= 0.6 is 0 Å². The Morgan fingerprint density at radius 3 is 1.97 bits per heavy atom. The number of rotatable bonds is 6. The number of carboxylic acid groups (broad SMARTS) is 1. The molecule has 0 radical (unpaired) electrons. The van der Waals surface area contributed by atoms with Crippen molar-refractivity contribution < 1.29 is 14.3 Å². The van der Waals surface area contributed by atoms with E-state index in [4.69, 9.17) is 14.8 Å². The zero-order valence-corrected chi connectivity index (χ0v) is 18.6. The first-order chi connectivity index (χ1) is 17.1. The number of carbonyl (C=O) groups is 1. The molecule has 0 spiro atoms. The van der Waals surface area contributed by atoms with Crippen LogP contribution in [0.25, 0.3) is 28.4 Å². The highest BCUT2D eigenvalue weighted by Crippen LogP contribution is 2.36. The van der Waals surface area contributed by atoms with Gasteiger partial charge in [-0.25, -0.2) is 4.79 Å². The first-order valence-corrected chi connectivity index (χ1v) is 11.0. The lowest BCUT2D eigenvalue weighted by molar-refractivity contribution is -0.132. The largest absolute Gasteiger partial charge is 0.477 e. The molecule has 5 heteroatoms. The molecule has 4 aromatic carbocycles. The van der Waals surface area contributed by atoms with Crippen LogP contribution in [0.5, 0.6) is 0 Å². The van der Waals surface area contributed by atoms with Crippen molar-refractivity contribution in [2.75, 3.05) is 4.90 Å². The van der Waals surface area contributed by atoms with E-state index in [1.54, 1.807) is 18.2 Å². The van der Waals surface area contributed by atoms with Crippen molar-refractivity contribution in [1.29, 1.82) is 5.26 Å². The molecule has 0 aliphatic heterocycles. The van der Waals surface area contributed by atoms with Gasteiger partial charge in [-0.05, 0) is 72.3 Å². The first-order valence-electron chi connectivity index (χ1n) is 11.0. The Bertz CT molecular complexity index is 1520. The van der Waals surface area contributed by atoms with Gasteiger partial charge >= 0.3 is 5.97 Å². The molecule has 1 aromatic heterocycles. The lowest BCUT2D eigenvalue weighted by atomic mass is 10.1. The van der Waals surface area contributed by atoms with Crippen LogP contribution in [0.4, 0.5) is 17.1 Å². The van der Waals surface area contributed by atoms with Gasteiger partial charge in [-0.1, -0.05) is 48.5 Å². The predicted octanol–water partition coefficient (Wildman–Crippen LogP) is 7.56. The molecule has 5 aromatic rings. The fraction of sp³-hybridized carbons (Fsp3) is 0. The third kappa shape index (κ3) is 4.54. The average molecular weight is 457 g/mol. The van der Waals surface area contributed by atoms with Crippen molar-refractivity contribution in [1.82, 2.24) is 0 Å². The number of carboxylic acids is 1. The Kier molecular flexibility index (Phi) is 5.85. The fourth-order valence-corrected chi connectivity index (χ4v) is 3.96. The minimum absolute atomic E-state index is 0.326. The van der Waals surface area contributed by atoms with Crippen LogP contribution in [0.1, 0.15) is 5.56 Å². The molecule has 1 heterocycles. The van der Waals surface area contributed by atoms with Gasteiger partial charge in [0, 0.05) is 28.0 Å². The molecule has 0 saturated heterocycles. The Balaban J connectivity index is 1.48. The number of para-hydroxylation sites is 2.